The van der Waals surface area contributed by atoms with E-state index in [-0.39, 0.29) is 12.0 Å². The van der Waals surface area contributed by atoms with Gasteiger partial charge in [-0.25, -0.2) is 0 Å². The maximum Gasteiger partial charge on any atom is 0.313 e. The fraction of sp³-hybridized carbons (Fsp3) is 0.529. The Balaban J connectivity index is 2.41. The van der Waals surface area contributed by atoms with Crippen molar-refractivity contribution in [3.8, 4) is 0 Å². The molecule has 0 saturated heterocycles. The van der Waals surface area contributed by atoms with Crippen LogP contribution in [0.2, 0.25) is 0 Å². The second kappa shape index (κ2) is 7.94. The van der Waals surface area contributed by atoms with Crippen LogP contribution < -0.4 is 10.6 Å². The van der Waals surface area contributed by atoms with Gasteiger partial charge >= 0.3 is 11.8 Å². The summed E-state index contributed by atoms with van der Waals surface area (Å²) in [7, 11) is 0. The van der Waals surface area contributed by atoms with E-state index in [0.717, 1.165) is 24.0 Å². The van der Waals surface area contributed by atoms with Gasteiger partial charge in [-0.15, -0.1) is 0 Å². The third-order valence-electron chi connectivity index (χ3n) is 3.58. The lowest BCUT2D eigenvalue weighted by Crippen LogP contribution is -2.36. The van der Waals surface area contributed by atoms with Gasteiger partial charge in [-0.2, -0.15) is 0 Å². The average molecular weight is 306 g/mol. The molecule has 2 amide bonds. The lowest BCUT2D eigenvalue weighted by Gasteiger charge is -2.21. The summed E-state index contributed by atoms with van der Waals surface area (Å²) in [4.78, 5) is 23.6. The Bertz CT molecular complexity index is 539. The minimum Gasteiger partial charge on any atom is -0.396 e. The van der Waals surface area contributed by atoms with E-state index in [0.29, 0.717) is 12.2 Å². The van der Waals surface area contributed by atoms with Crippen LogP contribution in [0, 0.1) is 19.3 Å². The molecular weight excluding hydrogens is 280 g/mol. The number of aryl methyl sites for hydroxylation is 2. The van der Waals surface area contributed by atoms with Gasteiger partial charge in [0.15, 0.2) is 0 Å². The van der Waals surface area contributed by atoms with Crippen molar-refractivity contribution in [2.24, 2.45) is 5.41 Å². The number of nitrogens with one attached hydrogen (secondary N) is 2. The Kier molecular flexibility index (Phi) is 6.56. The molecule has 0 atom stereocenters. The monoisotopic (exact) mass is 306 g/mol. The van der Waals surface area contributed by atoms with E-state index in [4.69, 9.17) is 5.11 Å². The zero-order valence-corrected chi connectivity index (χ0v) is 13.8. The van der Waals surface area contributed by atoms with Gasteiger partial charge < -0.3 is 15.7 Å². The molecule has 0 aromatic heterocycles. The van der Waals surface area contributed by atoms with Crippen LogP contribution in [-0.2, 0) is 9.59 Å². The standard InChI is InChI=1S/C17H26N2O3/c1-12-6-7-14(13(2)10-12)19-16(22)15(21)18-9-5-8-17(3,4)11-20/h6-7,10,20H,5,8-9,11H2,1-4H3,(H,18,21)(H,19,22). The van der Waals surface area contributed by atoms with Crippen LogP contribution in [-0.4, -0.2) is 30.1 Å². The van der Waals surface area contributed by atoms with E-state index >= 15 is 0 Å². The van der Waals surface area contributed by atoms with E-state index in [1.54, 1.807) is 6.07 Å². The second-order valence-corrected chi connectivity index (χ2v) is 6.45. The summed E-state index contributed by atoms with van der Waals surface area (Å²) in [6.07, 6.45) is 1.50. The van der Waals surface area contributed by atoms with Gasteiger partial charge in [-0.3, -0.25) is 9.59 Å². The van der Waals surface area contributed by atoms with Crippen LogP contribution in [0.4, 0.5) is 5.69 Å². The van der Waals surface area contributed by atoms with E-state index in [2.05, 4.69) is 10.6 Å². The molecule has 0 aliphatic heterocycles. The van der Waals surface area contributed by atoms with Crippen molar-refractivity contribution >= 4 is 17.5 Å². The van der Waals surface area contributed by atoms with Crippen molar-refractivity contribution < 1.29 is 14.7 Å². The maximum absolute atomic E-state index is 11.8. The fourth-order valence-corrected chi connectivity index (χ4v) is 2.06. The molecule has 5 nitrogen and oxygen atoms in total. The SMILES string of the molecule is Cc1ccc(NC(=O)C(=O)NCCCC(C)(C)CO)c(C)c1. The zero-order chi connectivity index (χ0) is 16.8. The Morgan fingerprint density at radius 2 is 1.86 bits per heavy atom. The topological polar surface area (TPSA) is 78.4 Å². The number of carbonyl (C=O) groups is 2. The molecule has 0 aliphatic rings. The molecule has 0 saturated carbocycles. The van der Waals surface area contributed by atoms with Crippen LogP contribution in [0.3, 0.4) is 0 Å². The number of amides is 2. The summed E-state index contributed by atoms with van der Waals surface area (Å²) in [5.41, 5.74) is 2.51. The van der Waals surface area contributed by atoms with Gasteiger partial charge in [0.25, 0.3) is 0 Å². The van der Waals surface area contributed by atoms with Gasteiger partial charge in [0.05, 0.1) is 0 Å². The summed E-state index contributed by atoms with van der Waals surface area (Å²) >= 11 is 0. The zero-order valence-electron chi connectivity index (χ0n) is 13.8. The van der Waals surface area contributed by atoms with Crippen molar-refractivity contribution in [1.29, 1.82) is 0 Å². The molecule has 0 heterocycles. The molecule has 0 aliphatic carbocycles. The fourth-order valence-electron chi connectivity index (χ4n) is 2.06. The predicted octanol–water partition coefficient (Wildman–Crippen LogP) is 2.16. The number of rotatable bonds is 6. The first kappa shape index (κ1) is 18.2. The largest absolute Gasteiger partial charge is 0.396 e. The summed E-state index contributed by atoms with van der Waals surface area (Å²) in [6.45, 7) is 8.30. The van der Waals surface area contributed by atoms with E-state index in [1.165, 1.54) is 0 Å². The number of carbonyl (C=O) groups excluding carboxylic acids is 2. The number of hydrogen-bond donors (Lipinski definition) is 3. The highest BCUT2D eigenvalue weighted by atomic mass is 16.3. The first-order valence-corrected chi connectivity index (χ1v) is 7.52. The van der Waals surface area contributed by atoms with E-state index in [1.807, 2.05) is 39.8 Å². The molecule has 0 spiro atoms. The Hall–Kier alpha value is -1.88. The number of aliphatic hydroxyl groups is 1. The molecule has 1 aromatic carbocycles. The number of benzene rings is 1. The molecule has 0 radical (unpaired) electrons. The summed E-state index contributed by atoms with van der Waals surface area (Å²) in [6, 6.07) is 5.63. The minimum absolute atomic E-state index is 0.105. The normalized spacial score (nSPS) is 11.1. The van der Waals surface area contributed by atoms with Crippen LogP contribution in [0.5, 0.6) is 0 Å². The quantitative estimate of drug-likeness (QED) is 0.556. The summed E-state index contributed by atoms with van der Waals surface area (Å²) in [5.74, 6) is -1.30. The molecule has 3 N–H and O–H groups in total. The van der Waals surface area contributed by atoms with Crippen LogP contribution in [0.1, 0.15) is 37.8 Å². The van der Waals surface area contributed by atoms with Gasteiger partial charge in [0, 0.05) is 18.8 Å². The van der Waals surface area contributed by atoms with Gasteiger partial charge in [0.1, 0.15) is 0 Å². The van der Waals surface area contributed by atoms with Crippen LogP contribution in [0.25, 0.3) is 0 Å². The van der Waals surface area contributed by atoms with Crippen molar-refractivity contribution in [2.75, 3.05) is 18.5 Å². The maximum atomic E-state index is 11.8. The first-order chi connectivity index (χ1) is 10.2. The Labute approximate surface area is 132 Å². The molecule has 1 rings (SSSR count). The predicted molar refractivity (Wildman–Crippen MR) is 87.7 cm³/mol. The van der Waals surface area contributed by atoms with Crippen molar-refractivity contribution in [3.05, 3.63) is 29.3 Å². The van der Waals surface area contributed by atoms with Crippen molar-refractivity contribution in [2.45, 2.75) is 40.5 Å². The minimum atomic E-state index is -0.659. The Morgan fingerprint density at radius 1 is 1.18 bits per heavy atom. The van der Waals surface area contributed by atoms with Crippen LogP contribution in [0.15, 0.2) is 18.2 Å². The lowest BCUT2D eigenvalue weighted by molar-refractivity contribution is -0.136. The van der Waals surface area contributed by atoms with Gasteiger partial charge in [-0.1, -0.05) is 31.5 Å². The molecule has 122 valence electrons. The van der Waals surface area contributed by atoms with Gasteiger partial charge in [-0.05, 0) is 43.7 Å². The highest BCUT2D eigenvalue weighted by molar-refractivity contribution is 6.39. The van der Waals surface area contributed by atoms with E-state index in [9.17, 15) is 9.59 Å². The molecule has 0 unspecified atom stereocenters. The highest BCUT2D eigenvalue weighted by Crippen LogP contribution is 2.20. The molecule has 5 heteroatoms. The molecule has 1 aromatic rings. The average Bonchev–Trinajstić information content (AvgIpc) is 2.46. The van der Waals surface area contributed by atoms with Crippen molar-refractivity contribution in [1.82, 2.24) is 5.32 Å². The van der Waals surface area contributed by atoms with E-state index < -0.39 is 11.8 Å². The smallest absolute Gasteiger partial charge is 0.313 e. The first-order valence-electron chi connectivity index (χ1n) is 7.52. The summed E-state index contributed by atoms with van der Waals surface area (Å²) in [5, 5.41) is 14.4. The van der Waals surface area contributed by atoms with Crippen molar-refractivity contribution in [3.63, 3.8) is 0 Å². The van der Waals surface area contributed by atoms with Gasteiger partial charge in [0.2, 0.25) is 0 Å². The Morgan fingerprint density at radius 3 is 2.45 bits per heavy atom. The lowest BCUT2D eigenvalue weighted by atomic mass is 9.89. The summed E-state index contributed by atoms with van der Waals surface area (Å²) < 4.78 is 0. The van der Waals surface area contributed by atoms with Crippen LogP contribution >= 0.6 is 0 Å². The number of aliphatic hydroxyl groups excluding tert-OH is 1. The number of anilines is 1. The third kappa shape index (κ3) is 5.85. The highest BCUT2D eigenvalue weighted by Gasteiger charge is 2.17. The molecular formula is C17H26N2O3. The number of hydrogen-bond acceptors (Lipinski definition) is 3. The molecule has 22 heavy (non-hydrogen) atoms. The second-order valence-electron chi connectivity index (χ2n) is 6.45. The molecule has 0 fully saturated rings. The molecule has 0 bridgehead atoms. The third-order valence-corrected chi connectivity index (χ3v) is 3.58.